The summed E-state index contributed by atoms with van der Waals surface area (Å²) in [4.78, 5) is 11.8. The van der Waals surface area contributed by atoms with Crippen LogP contribution < -0.4 is 5.73 Å². The van der Waals surface area contributed by atoms with Gasteiger partial charge in [-0.15, -0.1) is 0 Å². The molecule has 16 heavy (non-hydrogen) atoms. The van der Waals surface area contributed by atoms with Gasteiger partial charge in [0.1, 0.15) is 0 Å². The summed E-state index contributed by atoms with van der Waals surface area (Å²) in [6.45, 7) is 2.15. The van der Waals surface area contributed by atoms with Gasteiger partial charge in [0.2, 0.25) is 0 Å². The van der Waals surface area contributed by atoms with Crippen molar-refractivity contribution in [1.82, 2.24) is 0 Å². The Morgan fingerprint density at radius 3 is 2.69 bits per heavy atom. The van der Waals surface area contributed by atoms with Crippen molar-refractivity contribution >= 4 is 23.1 Å². The zero-order chi connectivity index (χ0) is 12.0. The van der Waals surface area contributed by atoms with E-state index in [0.29, 0.717) is 22.7 Å². The Hall–Kier alpha value is -1.02. The van der Waals surface area contributed by atoms with Gasteiger partial charge < -0.3 is 5.73 Å². The van der Waals surface area contributed by atoms with E-state index in [1.807, 2.05) is 0 Å². The summed E-state index contributed by atoms with van der Waals surface area (Å²) in [5, 5.41) is 0.459. The number of Topliss-reactive ketones (excluding diaryl/α,β-unsaturated/α-hetero) is 1. The molecule has 1 rings (SSSR count). The predicted octanol–water partition coefficient (Wildman–Crippen LogP) is 4.08. The van der Waals surface area contributed by atoms with Crippen molar-refractivity contribution < 1.29 is 4.79 Å². The first-order valence-electron chi connectivity index (χ1n) is 5.73. The van der Waals surface area contributed by atoms with Crippen LogP contribution in [0.1, 0.15) is 49.4 Å². The molecule has 0 heterocycles. The van der Waals surface area contributed by atoms with Crippen LogP contribution in [-0.2, 0) is 0 Å². The van der Waals surface area contributed by atoms with Gasteiger partial charge >= 0.3 is 0 Å². The normalized spacial score (nSPS) is 10.4. The van der Waals surface area contributed by atoms with Crippen LogP contribution in [0.2, 0.25) is 5.02 Å². The lowest BCUT2D eigenvalue weighted by Crippen LogP contribution is -2.00. The smallest absolute Gasteiger partial charge is 0.164 e. The van der Waals surface area contributed by atoms with Crippen molar-refractivity contribution in [2.24, 2.45) is 0 Å². The summed E-state index contributed by atoms with van der Waals surface area (Å²) in [6, 6.07) is 5.05. The van der Waals surface area contributed by atoms with E-state index < -0.39 is 0 Å². The molecule has 0 aromatic heterocycles. The summed E-state index contributed by atoms with van der Waals surface area (Å²) in [5.74, 6) is 0.112. The molecule has 0 spiro atoms. The molecule has 0 aliphatic heterocycles. The van der Waals surface area contributed by atoms with Crippen molar-refractivity contribution in [2.75, 3.05) is 5.73 Å². The van der Waals surface area contributed by atoms with Gasteiger partial charge in [-0.2, -0.15) is 0 Å². The molecule has 0 saturated heterocycles. The van der Waals surface area contributed by atoms with Crippen molar-refractivity contribution in [2.45, 2.75) is 39.0 Å². The van der Waals surface area contributed by atoms with Gasteiger partial charge in [-0.05, 0) is 24.6 Å². The van der Waals surface area contributed by atoms with E-state index in [0.717, 1.165) is 12.8 Å². The molecule has 0 saturated carbocycles. The summed E-state index contributed by atoms with van der Waals surface area (Å²) in [5.41, 5.74) is 6.75. The first kappa shape index (κ1) is 13.0. The van der Waals surface area contributed by atoms with E-state index in [1.54, 1.807) is 18.2 Å². The monoisotopic (exact) mass is 239 g/mol. The van der Waals surface area contributed by atoms with Gasteiger partial charge in [-0.1, -0.05) is 37.8 Å². The topological polar surface area (TPSA) is 43.1 Å². The highest BCUT2D eigenvalue weighted by Gasteiger charge is 2.09. The molecule has 1 aromatic carbocycles. The number of anilines is 1. The van der Waals surface area contributed by atoms with Crippen molar-refractivity contribution in [3.8, 4) is 0 Å². The second kappa shape index (κ2) is 6.54. The minimum atomic E-state index is 0.112. The van der Waals surface area contributed by atoms with Crippen LogP contribution in [0.25, 0.3) is 0 Å². The fraction of sp³-hybridized carbons (Fsp3) is 0.462. The van der Waals surface area contributed by atoms with Gasteiger partial charge in [-0.3, -0.25) is 4.79 Å². The molecule has 0 radical (unpaired) electrons. The molecular weight excluding hydrogens is 222 g/mol. The molecule has 1 aromatic rings. The third kappa shape index (κ3) is 3.86. The van der Waals surface area contributed by atoms with Crippen LogP contribution >= 0.6 is 11.6 Å². The molecule has 0 aliphatic carbocycles. The number of carbonyl (C=O) groups excluding carboxylic acids is 1. The molecule has 0 unspecified atom stereocenters. The molecule has 0 atom stereocenters. The van der Waals surface area contributed by atoms with Crippen LogP contribution in [-0.4, -0.2) is 5.78 Å². The van der Waals surface area contributed by atoms with Gasteiger partial charge in [-0.25, -0.2) is 0 Å². The Morgan fingerprint density at radius 2 is 2.06 bits per heavy atom. The molecule has 2 N–H and O–H groups in total. The van der Waals surface area contributed by atoms with E-state index in [-0.39, 0.29) is 5.78 Å². The lowest BCUT2D eigenvalue weighted by molar-refractivity contribution is 0.0979. The van der Waals surface area contributed by atoms with Gasteiger partial charge in [0.25, 0.3) is 0 Å². The van der Waals surface area contributed by atoms with Gasteiger partial charge in [0.05, 0.1) is 5.02 Å². The van der Waals surface area contributed by atoms with Crippen LogP contribution in [0.3, 0.4) is 0 Å². The van der Waals surface area contributed by atoms with Crippen LogP contribution in [0.15, 0.2) is 18.2 Å². The SMILES string of the molecule is CCCCCCC(=O)c1ccc(N)cc1Cl. The Bertz CT molecular complexity index is 363. The number of ketones is 1. The van der Waals surface area contributed by atoms with Crippen LogP contribution in [0, 0.1) is 0 Å². The number of nitrogens with two attached hydrogens (primary N) is 1. The maximum absolute atomic E-state index is 11.8. The second-order valence-electron chi connectivity index (χ2n) is 3.97. The third-order valence-electron chi connectivity index (χ3n) is 2.55. The third-order valence-corrected chi connectivity index (χ3v) is 2.86. The number of benzene rings is 1. The van der Waals surface area contributed by atoms with E-state index in [2.05, 4.69) is 6.92 Å². The maximum Gasteiger partial charge on any atom is 0.164 e. The minimum Gasteiger partial charge on any atom is -0.399 e. The van der Waals surface area contributed by atoms with Crippen molar-refractivity contribution in [3.63, 3.8) is 0 Å². The first-order valence-corrected chi connectivity index (χ1v) is 6.11. The second-order valence-corrected chi connectivity index (χ2v) is 4.38. The minimum absolute atomic E-state index is 0.112. The van der Waals surface area contributed by atoms with Crippen LogP contribution in [0.5, 0.6) is 0 Å². The summed E-state index contributed by atoms with van der Waals surface area (Å²) in [6.07, 6.45) is 4.98. The molecule has 88 valence electrons. The Kier molecular flexibility index (Phi) is 5.33. The molecule has 0 aliphatic rings. The lowest BCUT2D eigenvalue weighted by Gasteiger charge is -2.04. The number of halogens is 1. The summed E-state index contributed by atoms with van der Waals surface area (Å²) in [7, 11) is 0. The Labute approximate surface area is 102 Å². The number of rotatable bonds is 6. The molecular formula is C13H18ClNO. The highest BCUT2D eigenvalue weighted by molar-refractivity contribution is 6.34. The van der Waals surface area contributed by atoms with E-state index in [1.165, 1.54) is 12.8 Å². The predicted molar refractivity (Wildman–Crippen MR) is 69.0 cm³/mol. The molecule has 3 heteroatoms. The van der Waals surface area contributed by atoms with Gasteiger partial charge in [0, 0.05) is 17.7 Å². The molecule has 2 nitrogen and oxygen atoms in total. The van der Waals surface area contributed by atoms with Crippen LogP contribution in [0.4, 0.5) is 5.69 Å². The Morgan fingerprint density at radius 1 is 1.31 bits per heavy atom. The van der Waals surface area contributed by atoms with E-state index in [9.17, 15) is 4.79 Å². The number of hydrogen-bond acceptors (Lipinski definition) is 2. The maximum atomic E-state index is 11.8. The van der Waals surface area contributed by atoms with Crippen molar-refractivity contribution in [1.29, 1.82) is 0 Å². The average molecular weight is 240 g/mol. The number of nitrogen functional groups attached to an aromatic ring is 1. The highest BCUT2D eigenvalue weighted by Crippen LogP contribution is 2.21. The number of carbonyl (C=O) groups is 1. The number of hydrogen-bond donors (Lipinski definition) is 1. The van der Waals surface area contributed by atoms with Gasteiger partial charge in [0.15, 0.2) is 5.78 Å². The fourth-order valence-electron chi connectivity index (χ4n) is 1.60. The van der Waals surface area contributed by atoms with E-state index in [4.69, 9.17) is 17.3 Å². The molecule has 0 amide bonds. The zero-order valence-electron chi connectivity index (χ0n) is 9.63. The van der Waals surface area contributed by atoms with E-state index >= 15 is 0 Å². The van der Waals surface area contributed by atoms with Crippen molar-refractivity contribution in [3.05, 3.63) is 28.8 Å². The zero-order valence-corrected chi connectivity index (χ0v) is 10.4. The highest BCUT2D eigenvalue weighted by atomic mass is 35.5. The standard InChI is InChI=1S/C13H18ClNO/c1-2-3-4-5-6-13(16)11-8-7-10(15)9-12(11)14/h7-9H,2-6,15H2,1H3. The molecule has 0 bridgehead atoms. The summed E-state index contributed by atoms with van der Waals surface area (Å²) >= 11 is 5.96. The molecule has 0 fully saturated rings. The summed E-state index contributed by atoms with van der Waals surface area (Å²) < 4.78 is 0. The largest absolute Gasteiger partial charge is 0.399 e. The quantitative estimate of drug-likeness (QED) is 0.462. The first-order chi connectivity index (χ1) is 7.65. The number of unbranched alkanes of at least 4 members (excludes halogenated alkanes) is 3. The fourth-order valence-corrected chi connectivity index (χ4v) is 1.90. The lowest BCUT2D eigenvalue weighted by atomic mass is 10.0. The Balaban J connectivity index is 2.53. The average Bonchev–Trinajstić information content (AvgIpc) is 2.24.